The number of para-hydroxylation sites is 1. The van der Waals surface area contributed by atoms with Crippen LogP contribution in [0.3, 0.4) is 0 Å². The van der Waals surface area contributed by atoms with Gasteiger partial charge >= 0.3 is 0 Å². The van der Waals surface area contributed by atoms with Crippen LogP contribution in [0.15, 0.2) is 29.8 Å². The standard InChI is InChI=1S/C15H20N2O4S/c1-17(22(2,19)20)9-5-8-16-15(18)13-10-12-6-3-4-7-14(12)21-11-13/h3-4,6-7,10H,5,8-9,11H2,1-2H3,(H,16,18). The summed E-state index contributed by atoms with van der Waals surface area (Å²) in [7, 11) is -1.65. The highest BCUT2D eigenvalue weighted by molar-refractivity contribution is 7.88. The first-order chi connectivity index (χ1) is 10.4. The number of hydrogen-bond donors (Lipinski definition) is 1. The minimum Gasteiger partial charge on any atom is -0.488 e. The summed E-state index contributed by atoms with van der Waals surface area (Å²) < 4.78 is 29.3. The zero-order valence-electron chi connectivity index (χ0n) is 12.7. The van der Waals surface area contributed by atoms with Crippen LogP contribution in [0, 0.1) is 0 Å². The molecule has 7 heteroatoms. The van der Waals surface area contributed by atoms with Crippen molar-refractivity contribution in [3.8, 4) is 5.75 Å². The fraction of sp³-hybridized carbons (Fsp3) is 0.400. The van der Waals surface area contributed by atoms with Crippen molar-refractivity contribution in [2.45, 2.75) is 6.42 Å². The highest BCUT2D eigenvalue weighted by atomic mass is 32.2. The molecular formula is C15H20N2O4S. The second-order valence-corrected chi connectivity index (χ2v) is 7.28. The third-order valence-electron chi connectivity index (χ3n) is 3.43. The molecule has 0 saturated heterocycles. The maximum atomic E-state index is 12.1. The van der Waals surface area contributed by atoms with Gasteiger partial charge in [-0.05, 0) is 18.6 Å². The third-order valence-corrected chi connectivity index (χ3v) is 4.74. The summed E-state index contributed by atoms with van der Waals surface area (Å²) in [6.45, 7) is 1.03. The number of carbonyl (C=O) groups excluding carboxylic acids is 1. The summed E-state index contributed by atoms with van der Waals surface area (Å²) in [6.07, 6.45) is 3.53. The largest absolute Gasteiger partial charge is 0.488 e. The lowest BCUT2D eigenvalue weighted by atomic mass is 10.1. The van der Waals surface area contributed by atoms with Gasteiger partial charge in [-0.3, -0.25) is 4.79 Å². The molecular weight excluding hydrogens is 304 g/mol. The fourth-order valence-corrected chi connectivity index (χ4v) is 2.49. The highest BCUT2D eigenvalue weighted by Gasteiger charge is 2.16. The number of nitrogens with zero attached hydrogens (tertiary/aromatic N) is 1. The molecule has 0 saturated carbocycles. The lowest BCUT2D eigenvalue weighted by Crippen LogP contribution is -2.32. The van der Waals surface area contributed by atoms with E-state index in [0.717, 1.165) is 17.6 Å². The molecule has 1 aromatic rings. The van der Waals surface area contributed by atoms with Crippen molar-refractivity contribution in [3.63, 3.8) is 0 Å². The van der Waals surface area contributed by atoms with Gasteiger partial charge < -0.3 is 10.1 Å². The number of ether oxygens (including phenoxy) is 1. The summed E-state index contributed by atoms with van der Waals surface area (Å²) in [5.74, 6) is 0.588. The van der Waals surface area contributed by atoms with Gasteiger partial charge in [0.25, 0.3) is 5.91 Å². The monoisotopic (exact) mass is 324 g/mol. The van der Waals surface area contributed by atoms with Crippen molar-refractivity contribution in [2.75, 3.05) is 33.0 Å². The van der Waals surface area contributed by atoms with Crippen molar-refractivity contribution in [1.29, 1.82) is 0 Å². The molecule has 0 aliphatic carbocycles. The SMILES string of the molecule is CN(CCCNC(=O)C1=Cc2ccccc2OC1)S(C)(=O)=O. The number of benzene rings is 1. The first kappa shape index (κ1) is 16.5. The first-order valence-electron chi connectivity index (χ1n) is 7.00. The molecule has 1 N–H and O–H groups in total. The molecule has 1 aromatic carbocycles. The molecule has 1 amide bonds. The molecule has 0 unspecified atom stereocenters. The van der Waals surface area contributed by atoms with E-state index in [1.54, 1.807) is 0 Å². The van der Waals surface area contributed by atoms with E-state index in [4.69, 9.17) is 4.74 Å². The Balaban J connectivity index is 1.83. The number of rotatable bonds is 6. The van der Waals surface area contributed by atoms with Crippen LogP contribution >= 0.6 is 0 Å². The molecule has 6 nitrogen and oxygen atoms in total. The minimum atomic E-state index is -3.17. The molecule has 0 atom stereocenters. The maximum Gasteiger partial charge on any atom is 0.250 e. The Bertz CT molecular complexity index is 683. The Labute approximate surface area is 130 Å². The van der Waals surface area contributed by atoms with E-state index in [-0.39, 0.29) is 12.5 Å². The van der Waals surface area contributed by atoms with Gasteiger partial charge in [-0.15, -0.1) is 0 Å². The predicted octanol–water partition coefficient (Wildman–Crippen LogP) is 0.860. The molecule has 0 spiro atoms. The molecule has 2 rings (SSSR count). The third kappa shape index (κ3) is 4.32. The second kappa shape index (κ2) is 6.93. The molecule has 1 aliphatic rings. The fourth-order valence-electron chi connectivity index (χ4n) is 2.03. The van der Waals surface area contributed by atoms with Crippen LogP contribution in [0.25, 0.3) is 6.08 Å². The number of fused-ring (bicyclic) bond motifs is 1. The highest BCUT2D eigenvalue weighted by Crippen LogP contribution is 2.25. The molecule has 0 radical (unpaired) electrons. The van der Waals surface area contributed by atoms with Crippen molar-refractivity contribution >= 4 is 22.0 Å². The van der Waals surface area contributed by atoms with Crippen LogP contribution in [-0.4, -0.2) is 51.6 Å². The quantitative estimate of drug-likeness (QED) is 0.788. The molecule has 1 heterocycles. The molecule has 0 aromatic heterocycles. The molecule has 0 fully saturated rings. The first-order valence-corrected chi connectivity index (χ1v) is 8.84. The van der Waals surface area contributed by atoms with Crippen molar-refractivity contribution in [2.24, 2.45) is 0 Å². The molecule has 0 bridgehead atoms. The van der Waals surface area contributed by atoms with Gasteiger partial charge in [-0.1, -0.05) is 18.2 Å². The van der Waals surface area contributed by atoms with Gasteiger partial charge in [-0.25, -0.2) is 12.7 Å². The average molecular weight is 324 g/mol. The molecule has 1 aliphatic heterocycles. The van der Waals surface area contributed by atoms with Crippen LogP contribution in [0.1, 0.15) is 12.0 Å². The van der Waals surface area contributed by atoms with E-state index < -0.39 is 10.0 Å². The van der Waals surface area contributed by atoms with Crippen LogP contribution in [0.4, 0.5) is 0 Å². The van der Waals surface area contributed by atoms with Gasteiger partial charge in [0, 0.05) is 25.7 Å². The smallest absolute Gasteiger partial charge is 0.250 e. The zero-order valence-corrected chi connectivity index (χ0v) is 13.5. The van der Waals surface area contributed by atoms with Crippen molar-refractivity contribution in [3.05, 3.63) is 35.4 Å². The summed E-state index contributed by atoms with van der Waals surface area (Å²) in [4.78, 5) is 12.1. The van der Waals surface area contributed by atoms with Gasteiger partial charge in [0.05, 0.1) is 11.8 Å². The van der Waals surface area contributed by atoms with Crippen LogP contribution in [0.2, 0.25) is 0 Å². The zero-order chi connectivity index (χ0) is 16.2. The van der Waals surface area contributed by atoms with Gasteiger partial charge in [0.15, 0.2) is 0 Å². The van der Waals surface area contributed by atoms with E-state index in [0.29, 0.717) is 25.1 Å². The van der Waals surface area contributed by atoms with E-state index in [1.165, 1.54) is 11.4 Å². The Kier molecular flexibility index (Phi) is 5.20. The second-order valence-electron chi connectivity index (χ2n) is 5.19. The van der Waals surface area contributed by atoms with Crippen LogP contribution < -0.4 is 10.1 Å². The predicted molar refractivity (Wildman–Crippen MR) is 85.0 cm³/mol. The van der Waals surface area contributed by atoms with Gasteiger partial charge in [0.2, 0.25) is 10.0 Å². The number of sulfonamides is 1. The van der Waals surface area contributed by atoms with E-state index in [2.05, 4.69) is 5.32 Å². The summed E-state index contributed by atoms with van der Waals surface area (Å²) in [6, 6.07) is 7.53. The van der Waals surface area contributed by atoms with Crippen LogP contribution in [0.5, 0.6) is 5.75 Å². The lowest BCUT2D eigenvalue weighted by molar-refractivity contribution is -0.117. The normalized spacial score (nSPS) is 14.0. The Morgan fingerprint density at radius 2 is 2.09 bits per heavy atom. The topological polar surface area (TPSA) is 75.7 Å². The number of nitrogens with one attached hydrogen (secondary N) is 1. The maximum absolute atomic E-state index is 12.1. The Morgan fingerprint density at radius 1 is 1.36 bits per heavy atom. The van der Waals surface area contributed by atoms with Crippen molar-refractivity contribution in [1.82, 2.24) is 9.62 Å². The van der Waals surface area contributed by atoms with E-state index >= 15 is 0 Å². The van der Waals surface area contributed by atoms with E-state index in [1.807, 2.05) is 30.3 Å². The summed E-state index contributed by atoms with van der Waals surface area (Å²) >= 11 is 0. The van der Waals surface area contributed by atoms with Crippen molar-refractivity contribution < 1.29 is 17.9 Å². The number of hydrogen-bond acceptors (Lipinski definition) is 4. The van der Waals surface area contributed by atoms with Gasteiger partial charge in [0.1, 0.15) is 12.4 Å². The lowest BCUT2D eigenvalue weighted by Gasteiger charge is -2.18. The molecule has 22 heavy (non-hydrogen) atoms. The average Bonchev–Trinajstić information content (AvgIpc) is 2.49. The Hall–Kier alpha value is -1.86. The number of amides is 1. The summed E-state index contributed by atoms with van der Waals surface area (Å²) in [5, 5.41) is 2.78. The Morgan fingerprint density at radius 3 is 2.82 bits per heavy atom. The van der Waals surface area contributed by atoms with Gasteiger partial charge in [-0.2, -0.15) is 0 Å². The molecule has 120 valence electrons. The number of carbonyl (C=O) groups is 1. The van der Waals surface area contributed by atoms with E-state index in [9.17, 15) is 13.2 Å². The van der Waals surface area contributed by atoms with Crippen LogP contribution in [-0.2, 0) is 14.8 Å². The summed E-state index contributed by atoms with van der Waals surface area (Å²) in [5.41, 5.74) is 1.45. The minimum absolute atomic E-state index is 0.184.